The maximum absolute atomic E-state index is 11.5. The number of likely N-dealkylation sites (tertiary alicyclic amines) is 1. The lowest BCUT2D eigenvalue weighted by atomic mass is 10.1. The third-order valence-electron chi connectivity index (χ3n) is 3.12. The van der Waals surface area contributed by atoms with Crippen molar-refractivity contribution in [2.24, 2.45) is 0 Å². The summed E-state index contributed by atoms with van der Waals surface area (Å²) < 4.78 is 0. The van der Waals surface area contributed by atoms with Crippen LogP contribution in [-0.2, 0) is 4.79 Å². The van der Waals surface area contributed by atoms with Crippen LogP contribution in [0.4, 0.5) is 0 Å². The summed E-state index contributed by atoms with van der Waals surface area (Å²) >= 11 is 5.93. The van der Waals surface area contributed by atoms with Crippen LogP contribution in [0.2, 0.25) is 0 Å². The molecule has 0 aromatic heterocycles. The number of carbonyl (C=O) groups excluding carboxylic acids is 1. The summed E-state index contributed by atoms with van der Waals surface area (Å²) in [5.41, 5.74) is 0. The van der Waals surface area contributed by atoms with Gasteiger partial charge < -0.3 is 4.90 Å². The van der Waals surface area contributed by atoms with Crippen molar-refractivity contribution < 1.29 is 4.79 Å². The number of rotatable bonds is 7. The van der Waals surface area contributed by atoms with E-state index in [9.17, 15) is 4.79 Å². The fourth-order valence-corrected chi connectivity index (χ4v) is 2.50. The summed E-state index contributed by atoms with van der Waals surface area (Å²) in [6, 6.07) is 0.290. The van der Waals surface area contributed by atoms with Crippen LogP contribution < -0.4 is 0 Å². The van der Waals surface area contributed by atoms with E-state index >= 15 is 0 Å². The molecule has 1 heterocycles. The second kappa shape index (κ2) is 7.10. The van der Waals surface area contributed by atoms with Gasteiger partial charge in [-0.2, -0.15) is 0 Å². The molecule has 0 saturated carbocycles. The van der Waals surface area contributed by atoms with Gasteiger partial charge in [0.1, 0.15) is 0 Å². The molecule has 1 aliphatic heterocycles. The quantitative estimate of drug-likeness (QED) is 0.487. The maximum atomic E-state index is 11.5. The Morgan fingerprint density at radius 1 is 1.40 bits per heavy atom. The Bertz CT molecular complexity index is 196. The Morgan fingerprint density at radius 3 is 2.73 bits per heavy atom. The molecule has 15 heavy (non-hydrogen) atoms. The first-order chi connectivity index (χ1) is 7.29. The molecule has 3 heteroatoms. The van der Waals surface area contributed by atoms with Crippen molar-refractivity contribution in [3.8, 4) is 0 Å². The topological polar surface area (TPSA) is 20.3 Å². The molecule has 0 aromatic carbocycles. The monoisotopic (exact) mass is 231 g/mol. The van der Waals surface area contributed by atoms with Crippen LogP contribution in [0, 0.1) is 0 Å². The van der Waals surface area contributed by atoms with E-state index in [-0.39, 0.29) is 0 Å². The summed E-state index contributed by atoms with van der Waals surface area (Å²) in [5, 5.41) is 0. The van der Waals surface area contributed by atoms with Crippen molar-refractivity contribution in [2.75, 3.05) is 12.4 Å². The second-order valence-corrected chi connectivity index (χ2v) is 4.66. The third kappa shape index (κ3) is 4.02. The predicted octanol–water partition coefficient (Wildman–Crippen LogP) is 3.19. The van der Waals surface area contributed by atoms with E-state index in [2.05, 4.69) is 6.92 Å². The minimum Gasteiger partial charge on any atom is -0.339 e. The standard InChI is InChI=1S/C12H22ClNO/c1-2-3-4-5-7-11(10-13)14-9-6-8-12(14)15/h11H,2-10H2,1H3. The normalized spacial score (nSPS) is 18.5. The Morgan fingerprint density at radius 2 is 2.20 bits per heavy atom. The number of carbonyl (C=O) groups is 1. The van der Waals surface area contributed by atoms with Crippen LogP contribution in [0.3, 0.4) is 0 Å². The van der Waals surface area contributed by atoms with Crippen molar-refractivity contribution in [3.05, 3.63) is 0 Å². The lowest BCUT2D eigenvalue weighted by molar-refractivity contribution is -0.129. The summed E-state index contributed by atoms with van der Waals surface area (Å²) in [6.07, 6.45) is 7.84. The number of amides is 1. The first-order valence-corrected chi connectivity index (χ1v) is 6.68. The van der Waals surface area contributed by atoms with Gasteiger partial charge in [0.2, 0.25) is 5.91 Å². The van der Waals surface area contributed by atoms with E-state index in [1.807, 2.05) is 4.90 Å². The Balaban J connectivity index is 2.25. The maximum Gasteiger partial charge on any atom is 0.222 e. The van der Waals surface area contributed by atoms with Gasteiger partial charge in [0, 0.05) is 24.9 Å². The highest BCUT2D eigenvalue weighted by atomic mass is 35.5. The van der Waals surface area contributed by atoms with Gasteiger partial charge in [-0.3, -0.25) is 4.79 Å². The average molecular weight is 232 g/mol. The van der Waals surface area contributed by atoms with Crippen LogP contribution in [0.15, 0.2) is 0 Å². The Hall–Kier alpha value is -0.240. The van der Waals surface area contributed by atoms with Gasteiger partial charge in [-0.25, -0.2) is 0 Å². The Kier molecular flexibility index (Phi) is 6.07. The predicted molar refractivity (Wildman–Crippen MR) is 64.2 cm³/mol. The zero-order valence-electron chi connectivity index (χ0n) is 9.67. The molecule has 1 rings (SSSR count). The summed E-state index contributed by atoms with van der Waals surface area (Å²) in [5.74, 6) is 0.897. The minimum absolute atomic E-state index is 0.290. The lowest BCUT2D eigenvalue weighted by Crippen LogP contribution is -2.37. The largest absolute Gasteiger partial charge is 0.339 e. The molecule has 1 saturated heterocycles. The molecule has 2 nitrogen and oxygen atoms in total. The molecule has 1 unspecified atom stereocenters. The average Bonchev–Trinajstić information content (AvgIpc) is 2.65. The van der Waals surface area contributed by atoms with Crippen LogP contribution in [0.5, 0.6) is 0 Å². The second-order valence-electron chi connectivity index (χ2n) is 4.35. The number of halogens is 1. The molecule has 0 N–H and O–H groups in total. The molecular formula is C12H22ClNO. The minimum atomic E-state index is 0.290. The molecule has 0 radical (unpaired) electrons. The number of hydrogen-bond acceptors (Lipinski definition) is 1. The van der Waals surface area contributed by atoms with Crippen LogP contribution in [-0.4, -0.2) is 29.3 Å². The smallest absolute Gasteiger partial charge is 0.222 e. The van der Waals surface area contributed by atoms with Gasteiger partial charge in [-0.05, 0) is 12.8 Å². The van der Waals surface area contributed by atoms with Crippen LogP contribution in [0.25, 0.3) is 0 Å². The number of hydrogen-bond donors (Lipinski definition) is 0. The van der Waals surface area contributed by atoms with Crippen molar-refractivity contribution in [1.82, 2.24) is 4.90 Å². The van der Waals surface area contributed by atoms with Gasteiger partial charge in [-0.1, -0.05) is 32.6 Å². The van der Waals surface area contributed by atoms with E-state index in [0.29, 0.717) is 17.8 Å². The highest BCUT2D eigenvalue weighted by Crippen LogP contribution is 2.19. The van der Waals surface area contributed by atoms with Crippen molar-refractivity contribution in [2.45, 2.75) is 57.9 Å². The number of nitrogens with zero attached hydrogens (tertiary/aromatic N) is 1. The molecule has 1 atom stereocenters. The van der Waals surface area contributed by atoms with Crippen molar-refractivity contribution in [1.29, 1.82) is 0 Å². The molecule has 1 amide bonds. The molecule has 1 fully saturated rings. The number of alkyl halides is 1. The summed E-state index contributed by atoms with van der Waals surface area (Å²) in [4.78, 5) is 13.5. The zero-order chi connectivity index (χ0) is 11.1. The van der Waals surface area contributed by atoms with Crippen LogP contribution in [0.1, 0.15) is 51.9 Å². The van der Waals surface area contributed by atoms with E-state index in [1.54, 1.807) is 0 Å². The van der Waals surface area contributed by atoms with Crippen LogP contribution >= 0.6 is 11.6 Å². The zero-order valence-corrected chi connectivity index (χ0v) is 10.4. The van der Waals surface area contributed by atoms with Gasteiger partial charge in [0.05, 0.1) is 0 Å². The molecule has 0 aromatic rings. The fourth-order valence-electron chi connectivity index (χ4n) is 2.18. The van der Waals surface area contributed by atoms with Crippen molar-refractivity contribution >= 4 is 17.5 Å². The lowest BCUT2D eigenvalue weighted by Gasteiger charge is -2.25. The molecule has 1 aliphatic rings. The van der Waals surface area contributed by atoms with Gasteiger partial charge in [0.25, 0.3) is 0 Å². The van der Waals surface area contributed by atoms with E-state index in [0.717, 1.165) is 25.8 Å². The highest BCUT2D eigenvalue weighted by Gasteiger charge is 2.26. The first kappa shape index (κ1) is 12.8. The van der Waals surface area contributed by atoms with Gasteiger partial charge in [0.15, 0.2) is 0 Å². The summed E-state index contributed by atoms with van der Waals surface area (Å²) in [7, 11) is 0. The first-order valence-electron chi connectivity index (χ1n) is 6.15. The van der Waals surface area contributed by atoms with E-state index in [4.69, 9.17) is 11.6 Å². The van der Waals surface area contributed by atoms with Crippen molar-refractivity contribution in [3.63, 3.8) is 0 Å². The SMILES string of the molecule is CCCCCCC(CCl)N1CCCC1=O. The Labute approximate surface area is 98.0 Å². The molecule has 0 bridgehead atoms. The molecular weight excluding hydrogens is 210 g/mol. The molecule has 0 aliphatic carbocycles. The fraction of sp³-hybridized carbons (Fsp3) is 0.917. The number of unbranched alkanes of at least 4 members (excludes halogenated alkanes) is 3. The molecule has 0 spiro atoms. The summed E-state index contributed by atoms with van der Waals surface area (Å²) in [6.45, 7) is 3.13. The van der Waals surface area contributed by atoms with Gasteiger partial charge >= 0.3 is 0 Å². The highest BCUT2D eigenvalue weighted by molar-refractivity contribution is 6.18. The third-order valence-corrected chi connectivity index (χ3v) is 3.48. The molecule has 88 valence electrons. The van der Waals surface area contributed by atoms with E-state index < -0.39 is 0 Å². The van der Waals surface area contributed by atoms with Gasteiger partial charge in [-0.15, -0.1) is 11.6 Å². The van der Waals surface area contributed by atoms with E-state index in [1.165, 1.54) is 25.7 Å².